The summed E-state index contributed by atoms with van der Waals surface area (Å²) in [4.78, 5) is 5.41. The van der Waals surface area contributed by atoms with Crippen LogP contribution in [-0.2, 0) is 6.42 Å². The van der Waals surface area contributed by atoms with Crippen molar-refractivity contribution in [2.45, 2.75) is 35.7 Å². The molecule has 0 aliphatic heterocycles. The normalized spacial score (nSPS) is 12.4. The zero-order chi connectivity index (χ0) is 14.5. The van der Waals surface area contributed by atoms with Crippen molar-refractivity contribution in [3.8, 4) is 0 Å². The van der Waals surface area contributed by atoms with Crippen LogP contribution in [0.4, 0.5) is 0 Å². The van der Waals surface area contributed by atoms with Gasteiger partial charge in [-0.1, -0.05) is 36.4 Å². The molecule has 0 aliphatic rings. The van der Waals surface area contributed by atoms with Crippen molar-refractivity contribution >= 4 is 39.3 Å². The Labute approximate surface area is 137 Å². The molecule has 1 aromatic carbocycles. The van der Waals surface area contributed by atoms with Crippen LogP contribution in [-0.4, -0.2) is 11.0 Å². The van der Waals surface area contributed by atoms with E-state index in [2.05, 4.69) is 40.0 Å². The highest BCUT2D eigenvalue weighted by Gasteiger charge is 2.08. The fraction of sp³-hybridized carbons (Fsp3) is 0.267. The van der Waals surface area contributed by atoms with Gasteiger partial charge >= 0.3 is 0 Å². The summed E-state index contributed by atoms with van der Waals surface area (Å²) < 4.78 is 0.984. The number of nitrogens with zero attached hydrogens (tertiary/aromatic N) is 1. The summed E-state index contributed by atoms with van der Waals surface area (Å²) >= 11 is 11.4. The predicted octanol–water partition coefficient (Wildman–Crippen LogP) is 4.93. The van der Waals surface area contributed by atoms with Gasteiger partial charge in [0.25, 0.3) is 0 Å². The van der Waals surface area contributed by atoms with E-state index in [-0.39, 0.29) is 6.04 Å². The van der Waals surface area contributed by atoms with E-state index < -0.39 is 0 Å². The molecular formula is C15H16BrClN2S. The zero-order valence-corrected chi connectivity index (χ0v) is 14.3. The second kappa shape index (κ2) is 7.46. The number of halogens is 2. The maximum Gasteiger partial charge on any atom is 0.115 e. The van der Waals surface area contributed by atoms with Crippen LogP contribution in [0.15, 0.2) is 50.9 Å². The Morgan fingerprint density at radius 2 is 2.20 bits per heavy atom. The molecule has 20 heavy (non-hydrogen) atoms. The number of rotatable bonds is 5. The Morgan fingerprint density at radius 1 is 1.40 bits per heavy atom. The molecule has 0 radical (unpaired) electrons. The number of aromatic nitrogens is 1. The lowest BCUT2D eigenvalue weighted by Gasteiger charge is -2.11. The van der Waals surface area contributed by atoms with Crippen molar-refractivity contribution in [2.24, 2.45) is 5.73 Å². The van der Waals surface area contributed by atoms with Gasteiger partial charge in [0.05, 0.1) is 4.47 Å². The number of benzene rings is 1. The second-order valence-electron chi connectivity index (χ2n) is 4.52. The van der Waals surface area contributed by atoms with E-state index in [0.29, 0.717) is 0 Å². The first kappa shape index (κ1) is 15.8. The third-order valence-corrected chi connectivity index (χ3v) is 5.23. The van der Waals surface area contributed by atoms with Crippen LogP contribution in [0, 0.1) is 0 Å². The maximum atomic E-state index is 6.34. The van der Waals surface area contributed by atoms with Gasteiger partial charge in [-0.3, -0.25) is 0 Å². The molecule has 0 aliphatic carbocycles. The van der Waals surface area contributed by atoms with Crippen molar-refractivity contribution in [1.29, 1.82) is 0 Å². The van der Waals surface area contributed by atoms with Crippen molar-refractivity contribution in [2.75, 3.05) is 0 Å². The average molecular weight is 372 g/mol. The lowest BCUT2D eigenvalue weighted by Crippen LogP contribution is -2.21. The summed E-state index contributed by atoms with van der Waals surface area (Å²) in [5.41, 5.74) is 7.08. The van der Waals surface area contributed by atoms with Gasteiger partial charge in [-0.25, -0.2) is 4.98 Å². The molecule has 0 saturated heterocycles. The van der Waals surface area contributed by atoms with Gasteiger partial charge in [-0.05, 0) is 58.6 Å². The van der Waals surface area contributed by atoms with E-state index in [1.54, 1.807) is 18.0 Å². The maximum absolute atomic E-state index is 6.34. The van der Waals surface area contributed by atoms with Crippen LogP contribution in [0.3, 0.4) is 0 Å². The third-order valence-electron chi connectivity index (χ3n) is 2.97. The molecule has 2 N–H and O–H groups in total. The van der Waals surface area contributed by atoms with E-state index >= 15 is 0 Å². The molecule has 2 aromatic rings. The van der Waals surface area contributed by atoms with E-state index in [1.807, 2.05) is 18.2 Å². The highest BCUT2D eigenvalue weighted by atomic mass is 79.9. The first-order chi connectivity index (χ1) is 9.60. The molecule has 2 rings (SSSR count). The van der Waals surface area contributed by atoms with Crippen molar-refractivity contribution in [1.82, 2.24) is 4.98 Å². The molecule has 0 saturated carbocycles. The number of pyridine rings is 1. The Balaban J connectivity index is 2.15. The van der Waals surface area contributed by atoms with Gasteiger partial charge in [0.1, 0.15) is 5.03 Å². The lowest BCUT2D eigenvalue weighted by atomic mass is 10.1. The van der Waals surface area contributed by atoms with Crippen LogP contribution in [0.25, 0.3) is 0 Å². The molecule has 1 heterocycles. The summed E-state index contributed by atoms with van der Waals surface area (Å²) in [7, 11) is 0. The quantitative estimate of drug-likeness (QED) is 0.810. The van der Waals surface area contributed by atoms with Crippen LogP contribution in [0.5, 0.6) is 0 Å². The molecule has 1 aromatic heterocycles. The van der Waals surface area contributed by atoms with E-state index in [1.165, 1.54) is 0 Å². The Hall–Kier alpha value is -0.550. The topological polar surface area (TPSA) is 38.9 Å². The fourth-order valence-corrected chi connectivity index (χ4v) is 3.38. The third kappa shape index (κ3) is 4.22. The highest BCUT2D eigenvalue weighted by Crippen LogP contribution is 2.33. The second-order valence-corrected chi connectivity index (χ2v) is 6.84. The van der Waals surface area contributed by atoms with Crippen LogP contribution in [0.2, 0.25) is 5.02 Å². The summed E-state index contributed by atoms with van der Waals surface area (Å²) in [6, 6.07) is 10.1. The summed E-state index contributed by atoms with van der Waals surface area (Å²) in [5, 5.41) is 1.70. The lowest BCUT2D eigenvalue weighted by molar-refractivity contribution is 0.646. The van der Waals surface area contributed by atoms with Crippen molar-refractivity contribution in [3.63, 3.8) is 0 Å². The monoisotopic (exact) mass is 370 g/mol. The minimum atomic E-state index is 0.163. The molecule has 106 valence electrons. The van der Waals surface area contributed by atoms with Crippen LogP contribution < -0.4 is 5.73 Å². The number of nitrogens with two attached hydrogens (primary N) is 1. The van der Waals surface area contributed by atoms with Gasteiger partial charge < -0.3 is 5.73 Å². The van der Waals surface area contributed by atoms with Gasteiger partial charge in [0, 0.05) is 22.2 Å². The summed E-state index contributed by atoms with van der Waals surface area (Å²) in [6.45, 7) is 2.08. The molecule has 2 nitrogen and oxygen atoms in total. The predicted molar refractivity (Wildman–Crippen MR) is 89.5 cm³/mol. The fourth-order valence-electron chi connectivity index (χ4n) is 1.74. The van der Waals surface area contributed by atoms with Gasteiger partial charge in [-0.15, -0.1) is 0 Å². The first-order valence-corrected chi connectivity index (χ1v) is 8.41. The molecule has 0 fully saturated rings. The van der Waals surface area contributed by atoms with Gasteiger partial charge in [-0.2, -0.15) is 0 Å². The van der Waals surface area contributed by atoms with Gasteiger partial charge in [0.2, 0.25) is 0 Å². The highest BCUT2D eigenvalue weighted by molar-refractivity contribution is 9.10. The Morgan fingerprint density at radius 3 is 2.85 bits per heavy atom. The summed E-state index contributed by atoms with van der Waals surface area (Å²) in [5.74, 6) is 0. The van der Waals surface area contributed by atoms with E-state index in [9.17, 15) is 0 Å². The molecule has 5 heteroatoms. The minimum absolute atomic E-state index is 0.163. The Kier molecular flexibility index (Phi) is 5.90. The smallest absolute Gasteiger partial charge is 0.115 e. The average Bonchev–Trinajstić information content (AvgIpc) is 2.44. The molecule has 0 bridgehead atoms. The van der Waals surface area contributed by atoms with Crippen molar-refractivity contribution in [3.05, 3.63) is 51.6 Å². The molecule has 1 atom stereocenters. The van der Waals surface area contributed by atoms with Crippen LogP contribution in [0.1, 0.15) is 18.9 Å². The van der Waals surface area contributed by atoms with Gasteiger partial charge in [0.15, 0.2) is 0 Å². The largest absolute Gasteiger partial charge is 0.327 e. The first-order valence-electron chi connectivity index (χ1n) is 6.42. The number of hydrogen-bond acceptors (Lipinski definition) is 3. The summed E-state index contributed by atoms with van der Waals surface area (Å²) in [6.07, 6.45) is 3.55. The van der Waals surface area contributed by atoms with Crippen LogP contribution >= 0.6 is 39.3 Å². The Bertz CT molecular complexity index is 592. The number of hydrogen-bond donors (Lipinski definition) is 1. The van der Waals surface area contributed by atoms with Crippen molar-refractivity contribution < 1.29 is 0 Å². The van der Waals surface area contributed by atoms with E-state index in [0.717, 1.165) is 37.8 Å². The zero-order valence-electron chi connectivity index (χ0n) is 11.1. The minimum Gasteiger partial charge on any atom is -0.327 e. The standard InChI is InChI=1S/C15H16BrClN2S/c1-2-11(18)8-10-5-6-12(9-14(10)17)20-15-13(16)4-3-7-19-15/h3-7,9,11H,2,8,18H2,1H3. The van der Waals surface area contributed by atoms with E-state index in [4.69, 9.17) is 17.3 Å². The molecule has 1 unspecified atom stereocenters. The molecule has 0 spiro atoms. The molecular weight excluding hydrogens is 356 g/mol. The molecule has 0 amide bonds. The SMILES string of the molecule is CCC(N)Cc1ccc(Sc2ncccc2Br)cc1Cl.